The first-order valence-corrected chi connectivity index (χ1v) is 9.61. The van der Waals surface area contributed by atoms with E-state index in [0.29, 0.717) is 4.90 Å². The van der Waals surface area contributed by atoms with Gasteiger partial charge in [-0.15, -0.1) is 0 Å². The highest BCUT2D eigenvalue weighted by Gasteiger charge is 2.34. The summed E-state index contributed by atoms with van der Waals surface area (Å²) in [5, 5.41) is -0.105. The molecule has 0 atom stereocenters. The number of hydrogen-bond donors (Lipinski definition) is 0. The lowest BCUT2D eigenvalue weighted by molar-refractivity contribution is -0.140. The van der Waals surface area contributed by atoms with Crippen molar-refractivity contribution in [1.29, 1.82) is 0 Å². The first kappa shape index (κ1) is 20.9. The monoisotopic (exact) mass is 414 g/mol. The molecule has 2 rings (SSSR count). The number of ether oxygens (including phenoxy) is 1. The van der Waals surface area contributed by atoms with Crippen LogP contribution in [-0.4, -0.2) is 69.1 Å². The standard InChI is InChI=1S/C15H18ClF3N2O4S/c1-2-20(10-15(17,18)19)14(22)11-3-4-12(16)13(9-11)26(23,24)21-5-7-25-8-6-21/h3-4,9H,2,5-8,10H2,1H3. The SMILES string of the molecule is CCN(CC(F)(F)F)C(=O)c1ccc(Cl)c(S(=O)(=O)N2CCOCC2)c1. The quantitative estimate of drug-likeness (QED) is 0.742. The Morgan fingerprint density at radius 2 is 1.92 bits per heavy atom. The van der Waals surface area contributed by atoms with E-state index in [-0.39, 0.29) is 48.3 Å². The molecule has 0 bridgehead atoms. The summed E-state index contributed by atoms with van der Waals surface area (Å²) in [6.45, 7) is 0.529. The topological polar surface area (TPSA) is 66.9 Å². The molecule has 1 aromatic rings. The molecule has 0 aliphatic carbocycles. The van der Waals surface area contributed by atoms with Crippen molar-refractivity contribution in [3.8, 4) is 0 Å². The van der Waals surface area contributed by atoms with Gasteiger partial charge in [0.1, 0.15) is 11.4 Å². The molecule has 1 aliphatic heterocycles. The average Bonchev–Trinajstić information content (AvgIpc) is 2.59. The van der Waals surface area contributed by atoms with Gasteiger partial charge in [0.15, 0.2) is 0 Å². The average molecular weight is 415 g/mol. The van der Waals surface area contributed by atoms with Gasteiger partial charge in [0.2, 0.25) is 10.0 Å². The summed E-state index contributed by atoms with van der Waals surface area (Å²) in [4.78, 5) is 12.7. The number of carbonyl (C=O) groups is 1. The van der Waals surface area contributed by atoms with Crippen LogP contribution in [0.3, 0.4) is 0 Å². The Balaban J connectivity index is 2.35. The maximum Gasteiger partial charge on any atom is 0.406 e. The summed E-state index contributed by atoms with van der Waals surface area (Å²) in [5.41, 5.74) is -0.174. The van der Waals surface area contributed by atoms with Crippen LogP contribution in [-0.2, 0) is 14.8 Å². The molecule has 1 saturated heterocycles. The van der Waals surface area contributed by atoms with E-state index in [1.54, 1.807) is 0 Å². The summed E-state index contributed by atoms with van der Waals surface area (Å²) in [5.74, 6) is -0.917. The van der Waals surface area contributed by atoms with Gasteiger partial charge in [-0.2, -0.15) is 17.5 Å². The lowest BCUT2D eigenvalue weighted by Crippen LogP contribution is -2.41. The van der Waals surface area contributed by atoms with E-state index in [1.165, 1.54) is 23.4 Å². The predicted molar refractivity (Wildman–Crippen MR) is 88.7 cm³/mol. The number of benzene rings is 1. The van der Waals surface area contributed by atoms with Crippen molar-refractivity contribution in [3.05, 3.63) is 28.8 Å². The fourth-order valence-corrected chi connectivity index (χ4v) is 4.39. The molecule has 1 aliphatic rings. The first-order valence-electron chi connectivity index (χ1n) is 7.79. The van der Waals surface area contributed by atoms with Crippen molar-refractivity contribution in [2.24, 2.45) is 0 Å². The van der Waals surface area contributed by atoms with Crippen LogP contribution in [0.2, 0.25) is 5.02 Å². The summed E-state index contributed by atoms with van der Waals surface area (Å²) >= 11 is 5.98. The van der Waals surface area contributed by atoms with Crippen molar-refractivity contribution in [3.63, 3.8) is 0 Å². The number of amides is 1. The first-order chi connectivity index (χ1) is 12.1. The highest BCUT2D eigenvalue weighted by atomic mass is 35.5. The Kier molecular flexibility index (Phi) is 6.54. The molecule has 0 spiro atoms. The third-order valence-electron chi connectivity index (χ3n) is 3.81. The zero-order valence-corrected chi connectivity index (χ0v) is 15.5. The predicted octanol–water partition coefficient (Wildman–Crippen LogP) is 2.39. The number of alkyl halides is 3. The second-order valence-corrected chi connectivity index (χ2v) is 7.91. The zero-order valence-electron chi connectivity index (χ0n) is 13.9. The fraction of sp³-hybridized carbons (Fsp3) is 0.533. The molecule has 1 fully saturated rings. The smallest absolute Gasteiger partial charge is 0.379 e. The van der Waals surface area contributed by atoms with E-state index < -0.39 is 28.7 Å². The van der Waals surface area contributed by atoms with Crippen molar-refractivity contribution >= 4 is 27.5 Å². The minimum atomic E-state index is -4.55. The van der Waals surface area contributed by atoms with Crippen molar-refractivity contribution in [2.75, 3.05) is 39.4 Å². The Bertz CT molecular complexity index is 765. The Labute approximate surface area is 154 Å². The van der Waals surface area contributed by atoms with Crippen LogP contribution in [0.5, 0.6) is 0 Å². The van der Waals surface area contributed by atoms with Gasteiger partial charge in [0.25, 0.3) is 5.91 Å². The van der Waals surface area contributed by atoms with Gasteiger partial charge in [-0.3, -0.25) is 4.79 Å². The van der Waals surface area contributed by atoms with Gasteiger partial charge in [-0.1, -0.05) is 11.6 Å². The largest absolute Gasteiger partial charge is 0.406 e. The normalized spacial score (nSPS) is 16.5. The van der Waals surface area contributed by atoms with Crippen molar-refractivity contribution in [1.82, 2.24) is 9.21 Å². The summed E-state index contributed by atoms with van der Waals surface area (Å²) < 4.78 is 69.6. The van der Waals surface area contributed by atoms with Gasteiger partial charge >= 0.3 is 6.18 Å². The maximum atomic E-state index is 12.7. The molecular formula is C15H18ClF3N2O4S. The van der Waals surface area contributed by atoms with Crippen LogP contribution in [0.15, 0.2) is 23.1 Å². The molecule has 0 unspecified atom stereocenters. The minimum absolute atomic E-state index is 0.105. The molecule has 6 nitrogen and oxygen atoms in total. The van der Waals surface area contributed by atoms with Crippen LogP contribution < -0.4 is 0 Å². The second-order valence-electron chi connectivity index (χ2n) is 5.60. The number of morpholine rings is 1. The number of carbonyl (C=O) groups excluding carboxylic acids is 1. The summed E-state index contributed by atoms with van der Waals surface area (Å²) in [6.07, 6.45) is -4.55. The van der Waals surface area contributed by atoms with Gasteiger partial charge in [0.05, 0.1) is 18.2 Å². The van der Waals surface area contributed by atoms with Crippen molar-refractivity contribution in [2.45, 2.75) is 18.0 Å². The van der Waals surface area contributed by atoms with E-state index in [1.807, 2.05) is 0 Å². The van der Waals surface area contributed by atoms with Gasteiger partial charge in [-0.05, 0) is 25.1 Å². The third-order valence-corrected chi connectivity index (χ3v) is 6.19. The van der Waals surface area contributed by atoms with E-state index in [9.17, 15) is 26.4 Å². The molecule has 0 N–H and O–H groups in total. The fourth-order valence-electron chi connectivity index (χ4n) is 2.49. The lowest BCUT2D eigenvalue weighted by Gasteiger charge is -2.27. The van der Waals surface area contributed by atoms with Gasteiger partial charge in [-0.25, -0.2) is 8.42 Å². The molecular weight excluding hydrogens is 397 g/mol. The van der Waals surface area contributed by atoms with Crippen LogP contribution in [0.4, 0.5) is 13.2 Å². The molecule has 11 heteroatoms. The highest BCUT2D eigenvalue weighted by molar-refractivity contribution is 7.89. The molecule has 146 valence electrons. The van der Waals surface area contributed by atoms with Crippen molar-refractivity contribution < 1.29 is 31.1 Å². The molecule has 0 aromatic heterocycles. The molecule has 0 radical (unpaired) electrons. The minimum Gasteiger partial charge on any atom is -0.379 e. The molecule has 1 heterocycles. The Hall–Kier alpha value is -1.36. The van der Waals surface area contributed by atoms with Gasteiger partial charge < -0.3 is 9.64 Å². The number of hydrogen-bond acceptors (Lipinski definition) is 4. The maximum absolute atomic E-state index is 12.7. The molecule has 1 amide bonds. The molecule has 1 aromatic carbocycles. The van der Waals surface area contributed by atoms with Gasteiger partial charge in [0, 0.05) is 25.2 Å². The molecule has 0 saturated carbocycles. The second kappa shape index (κ2) is 8.12. The zero-order chi connectivity index (χ0) is 19.5. The van der Waals surface area contributed by atoms with Crippen LogP contribution in [0.1, 0.15) is 17.3 Å². The lowest BCUT2D eigenvalue weighted by atomic mass is 10.2. The molecule has 26 heavy (non-hydrogen) atoms. The Morgan fingerprint density at radius 3 is 2.46 bits per heavy atom. The van der Waals surface area contributed by atoms with Crippen LogP contribution in [0, 0.1) is 0 Å². The number of rotatable bonds is 5. The van der Waals surface area contributed by atoms with E-state index in [4.69, 9.17) is 16.3 Å². The number of nitrogens with zero attached hydrogens (tertiary/aromatic N) is 2. The van der Waals surface area contributed by atoms with E-state index in [0.717, 1.165) is 6.07 Å². The third kappa shape index (κ3) is 4.87. The van der Waals surface area contributed by atoms with E-state index >= 15 is 0 Å². The van der Waals surface area contributed by atoms with Crippen LogP contribution in [0.25, 0.3) is 0 Å². The summed E-state index contributed by atoms with van der Waals surface area (Å²) in [6, 6.07) is 3.43. The number of sulfonamides is 1. The Morgan fingerprint density at radius 1 is 1.31 bits per heavy atom. The highest BCUT2D eigenvalue weighted by Crippen LogP contribution is 2.27. The summed E-state index contributed by atoms with van der Waals surface area (Å²) in [7, 11) is -3.99. The van der Waals surface area contributed by atoms with E-state index in [2.05, 4.69) is 0 Å². The number of halogens is 4. The van der Waals surface area contributed by atoms with Crippen LogP contribution >= 0.6 is 11.6 Å².